The number of nitrogens with zero attached hydrogens (tertiary/aromatic N) is 3. The Morgan fingerprint density at radius 2 is 2.05 bits per heavy atom. The molecule has 0 amide bonds. The number of hydrogen-bond donors (Lipinski definition) is 1. The van der Waals surface area contributed by atoms with Crippen LogP contribution in [0.25, 0.3) is 0 Å². The molecule has 6 nitrogen and oxygen atoms in total. The lowest BCUT2D eigenvalue weighted by molar-refractivity contribution is 0.676. The molecule has 2 N–H and O–H groups in total. The molecule has 0 aliphatic heterocycles. The Bertz CT molecular complexity index is 655. The molecule has 19 heavy (non-hydrogen) atoms. The van der Waals surface area contributed by atoms with Crippen molar-refractivity contribution in [2.24, 2.45) is 5.18 Å². The highest BCUT2D eigenvalue weighted by Crippen LogP contribution is 2.23. The zero-order valence-corrected chi connectivity index (χ0v) is 11.1. The maximum atomic E-state index is 11.5. The second-order valence-corrected chi connectivity index (χ2v) is 4.57. The molecule has 1 aromatic carbocycles. The summed E-state index contributed by atoms with van der Waals surface area (Å²) in [5.74, 6) is 0.0446. The average Bonchev–Trinajstić information content (AvgIpc) is 2.43. The first kappa shape index (κ1) is 13.3. The minimum absolute atomic E-state index is 0.0446. The zero-order chi connectivity index (χ0) is 13.8. The molecule has 7 heteroatoms. The SMILES string of the molecule is CSc1nc(=O)c(N=O)c(N)n1Cc1ccccc1. The number of thioether (sulfide) groups is 1. The van der Waals surface area contributed by atoms with E-state index in [1.54, 1.807) is 10.8 Å². The van der Waals surface area contributed by atoms with Crippen LogP contribution in [0.1, 0.15) is 5.56 Å². The van der Waals surface area contributed by atoms with E-state index in [4.69, 9.17) is 5.73 Å². The summed E-state index contributed by atoms with van der Waals surface area (Å²) in [5.41, 5.74) is 5.79. The molecule has 1 aromatic heterocycles. The van der Waals surface area contributed by atoms with Gasteiger partial charge >= 0.3 is 5.56 Å². The van der Waals surface area contributed by atoms with Crippen molar-refractivity contribution >= 4 is 23.3 Å². The third-order valence-corrected chi connectivity index (χ3v) is 3.30. The first-order valence-corrected chi connectivity index (χ1v) is 6.71. The predicted molar refractivity (Wildman–Crippen MR) is 75.7 cm³/mol. The van der Waals surface area contributed by atoms with Crippen molar-refractivity contribution < 1.29 is 0 Å². The smallest absolute Gasteiger partial charge is 0.305 e. The number of aromatic nitrogens is 2. The summed E-state index contributed by atoms with van der Waals surface area (Å²) in [6.45, 7) is 0.429. The van der Waals surface area contributed by atoms with Crippen molar-refractivity contribution in [3.63, 3.8) is 0 Å². The quantitative estimate of drug-likeness (QED) is 0.524. The van der Waals surface area contributed by atoms with Gasteiger partial charge in [-0.05, 0) is 17.0 Å². The summed E-state index contributed by atoms with van der Waals surface area (Å²) < 4.78 is 1.61. The van der Waals surface area contributed by atoms with Crippen molar-refractivity contribution in [1.82, 2.24) is 9.55 Å². The Morgan fingerprint density at radius 1 is 1.37 bits per heavy atom. The van der Waals surface area contributed by atoms with Crippen LogP contribution in [-0.4, -0.2) is 15.8 Å². The van der Waals surface area contributed by atoms with E-state index in [-0.39, 0.29) is 11.5 Å². The van der Waals surface area contributed by atoms with Crippen LogP contribution in [0, 0.1) is 4.91 Å². The number of anilines is 1. The highest BCUT2D eigenvalue weighted by molar-refractivity contribution is 7.98. The molecule has 0 unspecified atom stereocenters. The Balaban J connectivity index is 2.55. The molecule has 0 aliphatic carbocycles. The fourth-order valence-electron chi connectivity index (χ4n) is 1.70. The lowest BCUT2D eigenvalue weighted by Crippen LogP contribution is -2.19. The maximum absolute atomic E-state index is 11.5. The molecule has 0 fully saturated rings. The largest absolute Gasteiger partial charge is 0.383 e. The molecule has 0 saturated heterocycles. The summed E-state index contributed by atoms with van der Waals surface area (Å²) in [6.07, 6.45) is 1.79. The van der Waals surface area contributed by atoms with Crippen molar-refractivity contribution in [2.45, 2.75) is 11.7 Å². The number of nitrogens with two attached hydrogens (primary N) is 1. The first-order valence-electron chi connectivity index (χ1n) is 5.49. The van der Waals surface area contributed by atoms with Gasteiger partial charge in [-0.25, -0.2) is 0 Å². The summed E-state index contributed by atoms with van der Waals surface area (Å²) in [7, 11) is 0. The van der Waals surface area contributed by atoms with E-state index in [0.717, 1.165) is 5.56 Å². The highest BCUT2D eigenvalue weighted by atomic mass is 32.2. The Hall–Kier alpha value is -2.15. The average molecular weight is 276 g/mol. The van der Waals surface area contributed by atoms with E-state index in [1.165, 1.54) is 11.8 Å². The highest BCUT2D eigenvalue weighted by Gasteiger charge is 2.15. The van der Waals surface area contributed by atoms with Crippen LogP contribution in [0.3, 0.4) is 0 Å². The lowest BCUT2D eigenvalue weighted by atomic mass is 10.2. The molecule has 1 heterocycles. The number of hydrogen-bond acceptors (Lipinski definition) is 6. The van der Waals surface area contributed by atoms with Gasteiger partial charge in [-0.15, -0.1) is 4.91 Å². The van der Waals surface area contributed by atoms with E-state index in [0.29, 0.717) is 11.7 Å². The number of nitroso groups, excluding NO2 is 1. The number of benzene rings is 1. The molecule has 2 rings (SSSR count). The molecule has 0 saturated carbocycles. The van der Waals surface area contributed by atoms with Crippen LogP contribution in [0.4, 0.5) is 11.5 Å². The van der Waals surface area contributed by atoms with Gasteiger partial charge in [0.25, 0.3) is 0 Å². The van der Waals surface area contributed by atoms with Crippen LogP contribution < -0.4 is 11.3 Å². The lowest BCUT2D eigenvalue weighted by Gasteiger charge is -2.14. The van der Waals surface area contributed by atoms with Crippen molar-refractivity contribution in [3.05, 3.63) is 51.2 Å². The van der Waals surface area contributed by atoms with Gasteiger partial charge in [0.2, 0.25) is 5.69 Å². The third-order valence-electron chi connectivity index (χ3n) is 2.62. The first-order chi connectivity index (χ1) is 9.17. The molecular weight excluding hydrogens is 264 g/mol. The molecule has 0 atom stereocenters. The molecule has 0 bridgehead atoms. The van der Waals surface area contributed by atoms with Crippen LogP contribution in [0.15, 0.2) is 45.5 Å². The summed E-state index contributed by atoms with van der Waals surface area (Å²) in [4.78, 5) is 26.0. The summed E-state index contributed by atoms with van der Waals surface area (Å²) in [5, 5.41) is 3.12. The van der Waals surface area contributed by atoms with Crippen molar-refractivity contribution in [1.29, 1.82) is 0 Å². The van der Waals surface area contributed by atoms with Gasteiger partial charge in [-0.2, -0.15) is 4.98 Å². The molecule has 0 radical (unpaired) electrons. The van der Waals surface area contributed by atoms with Crippen LogP contribution in [-0.2, 0) is 6.54 Å². The third kappa shape index (κ3) is 2.65. The second-order valence-electron chi connectivity index (χ2n) is 3.80. The van der Waals surface area contributed by atoms with E-state index in [2.05, 4.69) is 10.2 Å². The minimum Gasteiger partial charge on any atom is -0.383 e. The van der Waals surface area contributed by atoms with Gasteiger partial charge in [0.05, 0.1) is 6.54 Å². The standard InChI is InChI=1S/C12H12N4O2S/c1-19-12-14-11(17)9(15-18)10(13)16(12)7-8-5-3-2-4-6-8/h2-6H,7,13H2,1H3. The van der Waals surface area contributed by atoms with E-state index in [1.807, 2.05) is 30.3 Å². The monoisotopic (exact) mass is 276 g/mol. The van der Waals surface area contributed by atoms with Gasteiger partial charge in [-0.1, -0.05) is 42.1 Å². The van der Waals surface area contributed by atoms with E-state index < -0.39 is 5.56 Å². The van der Waals surface area contributed by atoms with Crippen LogP contribution in [0.5, 0.6) is 0 Å². The van der Waals surface area contributed by atoms with Gasteiger partial charge in [0.1, 0.15) is 5.82 Å². The Kier molecular flexibility index (Phi) is 3.96. The van der Waals surface area contributed by atoms with Gasteiger partial charge in [0, 0.05) is 0 Å². The fourth-order valence-corrected chi connectivity index (χ4v) is 2.26. The zero-order valence-electron chi connectivity index (χ0n) is 10.2. The fraction of sp³-hybridized carbons (Fsp3) is 0.167. The molecular formula is C12H12N4O2S. The normalized spacial score (nSPS) is 10.4. The minimum atomic E-state index is -0.693. The van der Waals surface area contributed by atoms with Crippen molar-refractivity contribution in [3.8, 4) is 0 Å². The van der Waals surface area contributed by atoms with Crippen LogP contribution >= 0.6 is 11.8 Å². The second kappa shape index (κ2) is 5.66. The Morgan fingerprint density at radius 3 is 2.63 bits per heavy atom. The number of nitrogen functional groups attached to an aromatic ring is 1. The van der Waals surface area contributed by atoms with Gasteiger partial charge in [-0.3, -0.25) is 4.79 Å². The van der Waals surface area contributed by atoms with Gasteiger partial charge in [0.15, 0.2) is 5.16 Å². The van der Waals surface area contributed by atoms with Crippen molar-refractivity contribution in [2.75, 3.05) is 12.0 Å². The molecule has 0 aliphatic rings. The Labute approximate surface area is 113 Å². The maximum Gasteiger partial charge on any atom is 0.305 e. The summed E-state index contributed by atoms with van der Waals surface area (Å²) in [6, 6.07) is 9.56. The molecule has 0 spiro atoms. The van der Waals surface area contributed by atoms with E-state index in [9.17, 15) is 9.70 Å². The van der Waals surface area contributed by atoms with Crippen LogP contribution in [0.2, 0.25) is 0 Å². The molecule has 98 valence electrons. The van der Waals surface area contributed by atoms with Gasteiger partial charge < -0.3 is 10.3 Å². The summed E-state index contributed by atoms with van der Waals surface area (Å²) >= 11 is 1.29. The topological polar surface area (TPSA) is 90.3 Å². The molecule has 2 aromatic rings. The number of rotatable bonds is 4. The predicted octanol–water partition coefficient (Wildman–Crippen LogP) is 1.99. The van der Waals surface area contributed by atoms with E-state index >= 15 is 0 Å².